The molecule has 1 heterocycles. The van der Waals surface area contributed by atoms with Crippen LogP contribution in [0.1, 0.15) is 24.7 Å². The SMILES string of the molecule is CCCNc1nc(C)nc(Oc2cc(Cl)ccc2Cl)c1C. The Hall–Kier alpha value is -1.52. The maximum Gasteiger partial charge on any atom is 0.227 e. The number of hydrogen-bond donors (Lipinski definition) is 1. The van der Waals surface area contributed by atoms with Gasteiger partial charge in [0.2, 0.25) is 5.88 Å². The molecule has 0 aliphatic heterocycles. The van der Waals surface area contributed by atoms with Crippen LogP contribution in [0, 0.1) is 13.8 Å². The first kappa shape index (κ1) is 15.9. The highest BCUT2D eigenvalue weighted by Gasteiger charge is 2.13. The Morgan fingerprint density at radius 1 is 1.19 bits per heavy atom. The summed E-state index contributed by atoms with van der Waals surface area (Å²) in [7, 11) is 0. The van der Waals surface area contributed by atoms with Gasteiger partial charge in [0, 0.05) is 17.6 Å². The number of ether oxygens (including phenoxy) is 1. The maximum atomic E-state index is 6.12. The smallest absolute Gasteiger partial charge is 0.227 e. The summed E-state index contributed by atoms with van der Waals surface area (Å²) in [6.45, 7) is 6.67. The predicted molar refractivity (Wildman–Crippen MR) is 86.8 cm³/mol. The molecule has 0 spiro atoms. The molecule has 6 heteroatoms. The number of nitrogens with zero attached hydrogens (tertiary/aromatic N) is 2. The summed E-state index contributed by atoms with van der Waals surface area (Å²) < 4.78 is 5.81. The molecule has 0 atom stereocenters. The number of hydrogen-bond acceptors (Lipinski definition) is 4. The highest BCUT2D eigenvalue weighted by Crippen LogP contribution is 2.33. The van der Waals surface area contributed by atoms with Gasteiger partial charge in [-0.1, -0.05) is 30.1 Å². The van der Waals surface area contributed by atoms with Crippen LogP contribution in [0.25, 0.3) is 0 Å². The molecule has 1 aromatic carbocycles. The fourth-order valence-electron chi connectivity index (χ4n) is 1.78. The van der Waals surface area contributed by atoms with Crippen molar-refractivity contribution in [2.24, 2.45) is 0 Å². The molecule has 1 aromatic heterocycles. The normalized spacial score (nSPS) is 10.5. The van der Waals surface area contributed by atoms with E-state index in [0.717, 1.165) is 24.3 Å². The Morgan fingerprint density at radius 3 is 2.67 bits per heavy atom. The van der Waals surface area contributed by atoms with Gasteiger partial charge in [-0.05, 0) is 32.4 Å². The number of benzene rings is 1. The molecule has 112 valence electrons. The van der Waals surface area contributed by atoms with Crippen molar-refractivity contribution >= 4 is 29.0 Å². The van der Waals surface area contributed by atoms with Crippen molar-refractivity contribution < 1.29 is 4.74 Å². The first-order chi connectivity index (χ1) is 10.0. The van der Waals surface area contributed by atoms with Gasteiger partial charge in [-0.2, -0.15) is 4.98 Å². The molecule has 4 nitrogen and oxygen atoms in total. The third-order valence-electron chi connectivity index (χ3n) is 2.86. The Labute approximate surface area is 134 Å². The van der Waals surface area contributed by atoms with Gasteiger partial charge in [-0.25, -0.2) is 4.98 Å². The van der Waals surface area contributed by atoms with E-state index in [4.69, 9.17) is 27.9 Å². The summed E-state index contributed by atoms with van der Waals surface area (Å²) in [5.74, 6) is 2.36. The Morgan fingerprint density at radius 2 is 1.95 bits per heavy atom. The topological polar surface area (TPSA) is 47.0 Å². The van der Waals surface area contributed by atoms with Gasteiger partial charge in [0.15, 0.2) is 0 Å². The van der Waals surface area contributed by atoms with Crippen molar-refractivity contribution in [2.75, 3.05) is 11.9 Å². The monoisotopic (exact) mass is 325 g/mol. The van der Waals surface area contributed by atoms with Gasteiger partial charge in [0.25, 0.3) is 0 Å². The van der Waals surface area contributed by atoms with Crippen molar-refractivity contribution in [3.8, 4) is 11.6 Å². The lowest BCUT2D eigenvalue weighted by Gasteiger charge is -2.14. The summed E-state index contributed by atoms with van der Waals surface area (Å²) >= 11 is 12.1. The van der Waals surface area contributed by atoms with Gasteiger partial charge >= 0.3 is 0 Å². The number of aromatic nitrogens is 2. The van der Waals surface area contributed by atoms with Crippen LogP contribution in [0.4, 0.5) is 5.82 Å². The number of aryl methyl sites for hydroxylation is 1. The fraction of sp³-hybridized carbons (Fsp3) is 0.333. The molecule has 21 heavy (non-hydrogen) atoms. The van der Waals surface area contributed by atoms with Crippen LogP contribution in [-0.2, 0) is 0 Å². The molecule has 0 aliphatic carbocycles. The second-order valence-corrected chi connectivity index (χ2v) is 5.50. The Balaban J connectivity index is 2.35. The van der Waals surface area contributed by atoms with E-state index in [1.54, 1.807) is 18.2 Å². The molecule has 0 bridgehead atoms. The minimum absolute atomic E-state index is 0.477. The molecule has 0 saturated carbocycles. The van der Waals surface area contributed by atoms with Gasteiger partial charge in [-0.3, -0.25) is 0 Å². The molecular weight excluding hydrogens is 309 g/mol. The minimum Gasteiger partial charge on any atom is -0.437 e. The van der Waals surface area contributed by atoms with E-state index in [-0.39, 0.29) is 0 Å². The van der Waals surface area contributed by atoms with Crippen molar-refractivity contribution in [3.63, 3.8) is 0 Å². The van der Waals surface area contributed by atoms with Gasteiger partial charge in [0.05, 0.1) is 10.6 Å². The fourth-order valence-corrected chi connectivity index (χ4v) is 2.10. The zero-order chi connectivity index (χ0) is 15.4. The van der Waals surface area contributed by atoms with Crippen molar-refractivity contribution in [1.82, 2.24) is 9.97 Å². The highest BCUT2D eigenvalue weighted by molar-refractivity contribution is 6.34. The van der Waals surface area contributed by atoms with Crippen molar-refractivity contribution in [1.29, 1.82) is 0 Å². The largest absolute Gasteiger partial charge is 0.437 e. The molecule has 0 amide bonds. The average Bonchev–Trinajstić information content (AvgIpc) is 2.44. The number of rotatable bonds is 5. The average molecular weight is 326 g/mol. The first-order valence-electron chi connectivity index (χ1n) is 6.73. The standard InChI is InChI=1S/C15H17Cl2N3O/c1-4-7-18-14-9(2)15(20-10(3)19-14)21-13-8-11(16)5-6-12(13)17/h5-6,8H,4,7H2,1-3H3,(H,18,19,20). The zero-order valence-electron chi connectivity index (χ0n) is 12.2. The molecule has 0 saturated heterocycles. The minimum atomic E-state index is 0.477. The molecular formula is C15H17Cl2N3O. The first-order valence-corrected chi connectivity index (χ1v) is 7.49. The lowest BCUT2D eigenvalue weighted by molar-refractivity contribution is 0.456. The number of anilines is 1. The van der Waals surface area contributed by atoms with Gasteiger partial charge in [-0.15, -0.1) is 0 Å². The summed E-state index contributed by atoms with van der Waals surface area (Å²) in [5.41, 5.74) is 0.838. The Bertz CT molecular complexity index is 647. The molecule has 2 aromatic rings. The third kappa shape index (κ3) is 3.99. The Kier molecular flexibility index (Phi) is 5.26. The van der Waals surface area contributed by atoms with Crippen LogP contribution in [0.3, 0.4) is 0 Å². The van der Waals surface area contributed by atoms with Gasteiger partial charge in [0.1, 0.15) is 17.4 Å². The van der Waals surface area contributed by atoms with E-state index >= 15 is 0 Å². The van der Waals surface area contributed by atoms with Crippen LogP contribution < -0.4 is 10.1 Å². The highest BCUT2D eigenvalue weighted by atomic mass is 35.5. The molecule has 0 unspecified atom stereocenters. The predicted octanol–water partition coefficient (Wildman–Crippen LogP) is 5.01. The lowest BCUT2D eigenvalue weighted by atomic mass is 10.3. The van der Waals surface area contributed by atoms with Crippen LogP contribution in [0.5, 0.6) is 11.6 Å². The maximum absolute atomic E-state index is 6.12. The summed E-state index contributed by atoms with van der Waals surface area (Å²) in [6, 6.07) is 5.07. The second-order valence-electron chi connectivity index (χ2n) is 4.65. The quantitative estimate of drug-likeness (QED) is 0.838. The summed E-state index contributed by atoms with van der Waals surface area (Å²) in [5, 5.41) is 4.31. The molecule has 0 aliphatic rings. The van der Waals surface area contributed by atoms with E-state index in [1.807, 2.05) is 13.8 Å². The molecule has 0 fully saturated rings. The summed E-state index contributed by atoms with van der Waals surface area (Å²) in [4.78, 5) is 8.72. The number of halogens is 2. The summed E-state index contributed by atoms with van der Waals surface area (Å²) in [6.07, 6.45) is 1.01. The zero-order valence-corrected chi connectivity index (χ0v) is 13.7. The third-order valence-corrected chi connectivity index (χ3v) is 3.40. The van der Waals surface area contributed by atoms with E-state index in [9.17, 15) is 0 Å². The molecule has 2 rings (SSSR count). The van der Waals surface area contributed by atoms with Crippen LogP contribution in [-0.4, -0.2) is 16.5 Å². The lowest BCUT2D eigenvalue weighted by Crippen LogP contribution is -2.07. The second kappa shape index (κ2) is 6.96. The van der Waals surface area contributed by atoms with Crippen LogP contribution >= 0.6 is 23.2 Å². The van der Waals surface area contributed by atoms with Crippen molar-refractivity contribution in [2.45, 2.75) is 27.2 Å². The number of nitrogens with one attached hydrogen (secondary N) is 1. The molecule has 1 N–H and O–H groups in total. The van der Waals surface area contributed by atoms with E-state index in [1.165, 1.54) is 0 Å². The van der Waals surface area contributed by atoms with E-state index < -0.39 is 0 Å². The van der Waals surface area contributed by atoms with Crippen LogP contribution in [0.15, 0.2) is 18.2 Å². The van der Waals surface area contributed by atoms with E-state index in [2.05, 4.69) is 22.2 Å². The van der Waals surface area contributed by atoms with Crippen molar-refractivity contribution in [3.05, 3.63) is 39.6 Å². The van der Waals surface area contributed by atoms with E-state index in [0.29, 0.717) is 27.5 Å². The van der Waals surface area contributed by atoms with Crippen LogP contribution in [0.2, 0.25) is 10.0 Å². The van der Waals surface area contributed by atoms with Gasteiger partial charge < -0.3 is 10.1 Å². The molecule has 0 radical (unpaired) electrons.